The van der Waals surface area contributed by atoms with E-state index in [-0.39, 0.29) is 23.4 Å². The van der Waals surface area contributed by atoms with Gasteiger partial charge in [0.2, 0.25) is 11.8 Å². The molecule has 1 unspecified atom stereocenters. The monoisotopic (exact) mass is 549 g/mol. The molecular weight excluding hydrogens is 510 g/mol. The number of hydrogen-bond acceptors (Lipinski definition) is 4. The van der Waals surface area contributed by atoms with E-state index in [0.29, 0.717) is 12.1 Å². The van der Waals surface area contributed by atoms with Crippen molar-refractivity contribution in [2.45, 2.75) is 71.5 Å². The number of carbonyl (C=O) groups is 2. The van der Waals surface area contributed by atoms with Crippen molar-refractivity contribution in [2.24, 2.45) is 0 Å². The molecule has 2 amide bonds. The number of nitrogens with one attached hydrogen (secondary N) is 1. The van der Waals surface area contributed by atoms with Crippen molar-refractivity contribution in [1.82, 2.24) is 10.2 Å². The zero-order valence-corrected chi connectivity index (χ0v) is 24.5. The van der Waals surface area contributed by atoms with Gasteiger partial charge in [0.25, 0.3) is 10.0 Å². The summed E-state index contributed by atoms with van der Waals surface area (Å²) >= 11 is 0. The molecule has 0 aromatic heterocycles. The number of amides is 2. The molecule has 0 bridgehead atoms. The average molecular weight is 550 g/mol. The highest BCUT2D eigenvalue weighted by atomic mass is 32.2. The zero-order chi connectivity index (χ0) is 28.7. The van der Waals surface area contributed by atoms with Gasteiger partial charge >= 0.3 is 0 Å². The van der Waals surface area contributed by atoms with Crippen LogP contribution < -0.4 is 9.62 Å². The molecule has 8 heteroatoms. The molecule has 1 atom stereocenters. The van der Waals surface area contributed by atoms with Gasteiger partial charge < -0.3 is 10.2 Å². The Morgan fingerprint density at radius 1 is 0.872 bits per heavy atom. The van der Waals surface area contributed by atoms with Crippen LogP contribution in [0.4, 0.5) is 5.69 Å². The van der Waals surface area contributed by atoms with Crippen LogP contribution in [-0.2, 0) is 26.2 Å². The molecule has 0 saturated carbocycles. The minimum Gasteiger partial charge on any atom is -0.352 e. The third-order valence-electron chi connectivity index (χ3n) is 6.53. The van der Waals surface area contributed by atoms with Crippen molar-refractivity contribution in [3.05, 3.63) is 95.1 Å². The SMILES string of the molecule is CCC(C(=O)NC(C)C)N(Cc1ccc(C)cc1)C(=O)CN(c1cc(C)ccc1C)S(=O)(=O)c1ccccc1. The largest absolute Gasteiger partial charge is 0.352 e. The van der Waals surface area contributed by atoms with Crippen LogP contribution in [0.1, 0.15) is 49.4 Å². The second-order valence-electron chi connectivity index (χ2n) is 10.2. The lowest BCUT2D eigenvalue weighted by atomic mass is 10.1. The number of aryl methyl sites for hydroxylation is 3. The van der Waals surface area contributed by atoms with Crippen molar-refractivity contribution >= 4 is 27.5 Å². The van der Waals surface area contributed by atoms with Crippen molar-refractivity contribution in [2.75, 3.05) is 10.8 Å². The van der Waals surface area contributed by atoms with E-state index in [9.17, 15) is 18.0 Å². The number of carbonyl (C=O) groups excluding carboxylic acids is 2. The lowest BCUT2D eigenvalue weighted by Crippen LogP contribution is -2.53. The van der Waals surface area contributed by atoms with Gasteiger partial charge in [0.1, 0.15) is 12.6 Å². The lowest BCUT2D eigenvalue weighted by molar-refractivity contribution is -0.140. The van der Waals surface area contributed by atoms with Crippen molar-refractivity contribution in [3.63, 3.8) is 0 Å². The number of benzene rings is 3. The Labute approximate surface area is 232 Å². The van der Waals surface area contributed by atoms with E-state index in [0.717, 1.165) is 22.3 Å². The normalized spacial score (nSPS) is 12.2. The van der Waals surface area contributed by atoms with E-state index < -0.39 is 28.5 Å². The molecule has 7 nitrogen and oxygen atoms in total. The zero-order valence-electron chi connectivity index (χ0n) is 23.6. The molecule has 208 valence electrons. The maximum absolute atomic E-state index is 14.1. The van der Waals surface area contributed by atoms with Gasteiger partial charge in [-0.1, -0.05) is 67.1 Å². The molecule has 0 aliphatic rings. The van der Waals surface area contributed by atoms with Crippen molar-refractivity contribution in [3.8, 4) is 0 Å². The maximum Gasteiger partial charge on any atom is 0.264 e. The maximum atomic E-state index is 14.1. The van der Waals surface area contributed by atoms with Crippen LogP contribution in [0.25, 0.3) is 0 Å². The number of rotatable bonds is 11. The first kappa shape index (κ1) is 29.9. The Morgan fingerprint density at radius 3 is 2.08 bits per heavy atom. The third-order valence-corrected chi connectivity index (χ3v) is 8.31. The van der Waals surface area contributed by atoms with Crippen LogP contribution in [0.5, 0.6) is 0 Å². The Hall–Kier alpha value is -3.65. The summed E-state index contributed by atoms with van der Waals surface area (Å²) in [5.41, 5.74) is 3.96. The van der Waals surface area contributed by atoms with Crippen LogP contribution in [0.3, 0.4) is 0 Å². The van der Waals surface area contributed by atoms with Gasteiger partial charge in [-0.15, -0.1) is 0 Å². The van der Waals surface area contributed by atoms with Gasteiger partial charge in [-0.05, 0) is 75.9 Å². The molecule has 0 fully saturated rings. The Kier molecular flexibility index (Phi) is 9.92. The Bertz CT molecular complexity index is 1390. The van der Waals surface area contributed by atoms with Crippen LogP contribution in [0.15, 0.2) is 77.7 Å². The molecule has 3 aromatic rings. The van der Waals surface area contributed by atoms with Crippen LogP contribution in [0, 0.1) is 20.8 Å². The van der Waals surface area contributed by atoms with E-state index in [4.69, 9.17) is 0 Å². The average Bonchev–Trinajstić information content (AvgIpc) is 2.89. The second-order valence-corrected chi connectivity index (χ2v) is 12.1. The fraction of sp³-hybridized carbons (Fsp3) is 0.355. The summed E-state index contributed by atoms with van der Waals surface area (Å²) < 4.78 is 29.1. The highest BCUT2D eigenvalue weighted by molar-refractivity contribution is 7.92. The summed E-state index contributed by atoms with van der Waals surface area (Å²) in [6, 6.07) is 20.5. The predicted octanol–water partition coefficient (Wildman–Crippen LogP) is 5.14. The van der Waals surface area contributed by atoms with E-state index in [1.54, 1.807) is 24.3 Å². The van der Waals surface area contributed by atoms with Crippen LogP contribution >= 0.6 is 0 Å². The summed E-state index contributed by atoms with van der Waals surface area (Å²) in [7, 11) is -4.09. The Morgan fingerprint density at radius 2 is 1.49 bits per heavy atom. The van der Waals surface area contributed by atoms with Gasteiger partial charge in [-0.3, -0.25) is 13.9 Å². The van der Waals surface area contributed by atoms with E-state index >= 15 is 0 Å². The molecule has 0 spiro atoms. The summed E-state index contributed by atoms with van der Waals surface area (Å²) in [4.78, 5) is 28.9. The molecule has 39 heavy (non-hydrogen) atoms. The highest BCUT2D eigenvalue weighted by Crippen LogP contribution is 2.28. The molecule has 1 N–H and O–H groups in total. The molecular formula is C31H39N3O4S. The second kappa shape index (κ2) is 12.9. The molecule has 3 aromatic carbocycles. The van der Waals surface area contributed by atoms with E-state index in [1.165, 1.54) is 21.3 Å². The number of sulfonamides is 1. The molecule has 3 rings (SSSR count). The lowest BCUT2D eigenvalue weighted by Gasteiger charge is -2.34. The first-order chi connectivity index (χ1) is 18.4. The van der Waals surface area contributed by atoms with Crippen LogP contribution in [-0.4, -0.2) is 43.8 Å². The third kappa shape index (κ3) is 7.47. The topological polar surface area (TPSA) is 86.8 Å². The summed E-state index contributed by atoms with van der Waals surface area (Å²) in [6.45, 7) is 11.0. The summed E-state index contributed by atoms with van der Waals surface area (Å²) in [5.74, 6) is -0.723. The van der Waals surface area contributed by atoms with Gasteiger partial charge in [0.05, 0.1) is 10.6 Å². The smallest absolute Gasteiger partial charge is 0.264 e. The Balaban J connectivity index is 2.09. The first-order valence-electron chi connectivity index (χ1n) is 13.2. The quantitative estimate of drug-likeness (QED) is 0.359. The standard InChI is InChI=1S/C31H39N3O4S/c1-7-28(31(36)32-22(2)3)33(20-26-17-14-23(4)15-18-26)30(35)21-34(29-19-24(5)13-16-25(29)6)39(37,38)27-11-9-8-10-12-27/h8-19,22,28H,7,20-21H2,1-6H3,(H,32,36). The van der Waals surface area contributed by atoms with Gasteiger partial charge in [0, 0.05) is 12.6 Å². The molecule has 0 aliphatic carbocycles. The van der Waals surface area contributed by atoms with Crippen LogP contribution in [0.2, 0.25) is 0 Å². The molecule has 0 radical (unpaired) electrons. The van der Waals surface area contributed by atoms with Gasteiger partial charge in [-0.2, -0.15) is 0 Å². The highest BCUT2D eigenvalue weighted by Gasteiger charge is 2.34. The molecule has 0 saturated heterocycles. The van der Waals surface area contributed by atoms with Crippen molar-refractivity contribution in [1.29, 1.82) is 0 Å². The first-order valence-corrected chi connectivity index (χ1v) is 14.7. The fourth-order valence-corrected chi connectivity index (χ4v) is 5.90. The van der Waals surface area contributed by atoms with Gasteiger partial charge in [-0.25, -0.2) is 8.42 Å². The van der Waals surface area contributed by atoms with E-state index in [1.807, 2.05) is 77.9 Å². The van der Waals surface area contributed by atoms with Gasteiger partial charge in [0.15, 0.2) is 0 Å². The number of hydrogen-bond donors (Lipinski definition) is 1. The van der Waals surface area contributed by atoms with E-state index in [2.05, 4.69) is 5.32 Å². The minimum absolute atomic E-state index is 0.0911. The molecule has 0 aliphatic heterocycles. The minimum atomic E-state index is -4.09. The number of nitrogens with zero attached hydrogens (tertiary/aromatic N) is 2. The van der Waals surface area contributed by atoms with Crippen molar-refractivity contribution < 1.29 is 18.0 Å². The predicted molar refractivity (Wildman–Crippen MR) is 156 cm³/mol. The fourth-order valence-electron chi connectivity index (χ4n) is 4.41. The molecule has 0 heterocycles. The summed E-state index contributed by atoms with van der Waals surface area (Å²) in [6.07, 6.45) is 0.380. The summed E-state index contributed by atoms with van der Waals surface area (Å²) in [5, 5.41) is 2.92. The number of anilines is 1.